The standard InChI is InChI=1S/C12H14N4O/c1-17-10-5-3-2-4-9(10)8-15-12-14-7-6-11(13)16-12/h2-7H,8H2,1H3,(H3,13,14,15,16). The number of para-hydroxylation sites is 1. The van der Waals surface area contributed by atoms with Crippen LogP contribution in [-0.2, 0) is 6.54 Å². The molecule has 0 aliphatic heterocycles. The summed E-state index contributed by atoms with van der Waals surface area (Å²) >= 11 is 0. The zero-order valence-corrected chi connectivity index (χ0v) is 9.55. The number of nitrogens with two attached hydrogens (primary N) is 1. The van der Waals surface area contributed by atoms with Gasteiger partial charge in [0.15, 0.2) is 0 Å². The SMILES string of the molecule is COc1ccccc1CNc1nccc(N)n1. The zero-order chi connectivity index (χ0) is 12.1. The highest BCUT2D eigenvalue weighted by Gasteiger charge is 2.02. The monoisotopic (exact) mass is 230 g/mol. The Morgan fingerprint density at radius 3 is 2.88 bits per heavy atom. The molecule has 5 nitrogen and oxygen atoms in total. The van der Waals surface area contributed by atoms with E-state index in [1.54, 1.807) is 19.4 Å². The highest BCUT2D eigenvalue weighted by molar-refractivity contribution is 5.39. The number of hydrogen-bond donors (Lipinski definition) is 2. The molecule has 0 spiro atoms. The van der Waals surface area contributed by atoms with Crippen LogP contribution in [0.25, 0.3) is 0 Å². The van der Waals surface area contributed by atoms with Crippen molar-refractivity contribution in [3.05, 3.63) is 42.1 Å². The van der Waals surface area contributed by atoms with Crippen LogP contribution in [0.5, 0.6) is 5.75 Å². The summed E-state index contributed by atoms with van der Waals surface area (Å²) in [7, 11) is 1.65. The van der Waals surface area contributed by atoms with Crippen LogP contribution in [-0.4, -0.2) is 17.1 Å². The van der Waals surface area contributed by atoms with Crippen LogP contribution in [0.4, 0.5) is 11.8 Å². The Hall–Kier alpha value is -2.30. The lowest BCUT2D eigenvalue weighted by Crippen LogP contribution is -2.05. The average molecular weight is 230 g/mol. The predicted molar refractivity (Wildman–Crippen MR) is 66.8 cm³/mol. The second-order valence-corrected chi connectivity index (χ2v) is 3.47. The van der Waals surface area contributed by atoms with Crippen LogP contribution < -0.4 is 15.8 Å². The fraction of sp³-hybridized carbons (Fsp3) is 0.167. The van der Waals surface area contributed by atoms with Gasteiger partial charge in [0.05, 0.1) is 7.11 Å². The first-order valence-corrected chi connectivity index (χ1v) is 5.24. The van der Waals surface area contributed by atoms with Gasteiger partial charge in [-0.2, -0.15) is 4.98 Å². The van der Waals surface area contributed by atoms with Gasteiger partial charge in [0.2, 0.25) is 5.95 Å². The quantitative estimate of drug-likeness (QED) is 0.836. The second kappa shape index (κ2) is 5.16. The zero-order valence-electron chi connectivity index (χ0n) is 9.55. The Kier molecular flexibility index (Phi) is 3.40. The average Bonchev–Trinajstić information content (AvgIpc) is 2.37. The molecule has 88 valence electrons. The molecule has 0 amide bonds. The normalized spacial score (nSPS) is 9.94. The van der Waals surface area contributed by atoms with Crippen molar-refractivity contribution in [3.63, 3.8) is 0 Å². The molecule has 17 heavy (non-hydrogen) atoms. The Bertz CT molecular complexity index is 501. The molecule has 0 atom stereocenters. The summed E-state index contributed by atoms with van der Waals surface area (Å²) in [4.78, 5) is 8.13. The van der Waals surface area contributed by atoms with Crippen molar-refractivity contribution in [2.45, 2.75) is 6.54 Å². The molecule has 0 saturated heterocycles. The van der Waals surface area contributed by atoms with Gasteiger partial charge < -0.3 is 15.8 Å². The van der Waals surface area contributed by atoms with E-state index in [4.69, 9.17) is 10.5 Å². The number of hydrogen-bond acceptors (Lipinski definition) is 5. The summed E-state index contributed by atoms with van der Waals surface area (Å²) in [5.41, 5.74) is 6.61. The maximum atomic E-state index is 5.57. The van der Waals surface area contributed by atoms with Crippen LogP contribution in [0.15, 0.2) is 36.5 Å². The van der Waals surface area contributed by atoms with E-state index >= 15 is 0 Å². The molecule has 5 heteroatoms. The Labute approximate surface area is 99.7 Å². The van der Waals surface area contributed by atoms with Gasteiger partial charge in [-0.3, -0.25) is 0 Å². The summed E-state index contributed by atoms with van der Waals surface area (Å²) in [5, 5.41) is 3.09. The van der Waals surface area contributed by atoms with Crippen molar-refractivity contribution >= 4 is 11.8 Å². The minimum Gasteiger partial charge on any atom is -0.496 e. The minimum atomic E-state index is 0.447. The molecule has 0 unspecified atom stereocenters. The van der Waals surface area contributed by atoms with Crippen LogP contribution in [0.2, 0.25) is 0 Å². The number of nitrogens with zero attached hydrogens (tertiary/aromatic N) is 2. The Morgan fingerprint density at radius 1 is 1.29 bits per heavy atom. The van der Waals surface area contributed by atoms with Gasteiger partial charge in [-0.25, -0.2) is 4.98 Å². The van der Waals surface area contributed by atoms with Crippen molar-refractivity contribution in [3.8, 4) is 5.75 Å². The van der Waals surface area contributed by atoms with Gasteiger partial charge in [0, 0.05) is 18.3 Å². The van der Waals surface area contributed by atoms with E-state index in [0.717, 1.165) is 11.3 Å². The molecule has 0 fully saturated rings. The third kappa shape index (κ3) is 2.84. The van der Waals surface area contributed by atoms with E-state index in [-0.39, 0.29) is 0 Å². The van der Waals surface area contributed by atoms with E-state index < -0.39 is 0 Å². The summed E-state index contributed by atoms with van der Waals surface area (Å²) in [6.07, 6.45) is 1.62. The highest BCUT2D eigenvalue weighted by atomic mass is 16.5. The topological polar surface area (TPSA) is 73.1 Å². The number of benzene rings is 1. The van der Waals surface area contributed by atoms with Crippen molar-refractivity contribution in [1.29, 1.82) is 0 Å². The van der Waals surface area contributed by atoms with Crippen LogP contribution >= 0.6 is 0 Å². The lowest BCUT2D eigenvalue weighted by atomic mass is 10.2. The smallest absolute Gasteiger partial charge is 0.224 e. The molecule has 1 heterocycles. The first kappa shape index (κ1) is 11.2. The fourth-order valence-corrected chi connectivity index (χ4v) is 1.48. The maximum absolute atomic E-state index is 5.57. The molecule has 1 aromatic heterocycles. The number of nitrogen functional groups attached to an aromatic ring is 1. The number of methoxy groups -OCH3 is 1. The van der Waals surface area contributed by atoms with Gasteiger partial charge in [0.25, 0.3) is 0 Å². The summed E-state index contributed by atoms with van der Waals surface area (Å²) < 4.78 is 5.25. The summed E-state index contributed by atoms with van der Waals surface area (Å²) in [6.45, 7) is 0.591. The lowest BCUT2D eigenvalue weighted by Gasteiger charge is -2.09. The molecule has 0 radical (unpaired) electrons. The molecule has 3 N–H and O–H groups in total. The van der Waals surface area contributed by atoms with Gasteiger partial charge >= 0.3 is 0 Å². The van der Waals surface area contributed by atoms with Crippen LogP contribution in [0.1, 0.15) is 5.56 Å². The first-order chi connectivity index (χ1) is 8.29. The van der Waals surface area contributed by atoms with E-state index in [9.17, 15) is 0 Å². The van der Waals surface area contributed by atoms with E-state index in [2.05, 4.69) is 15.3 Å². The Balaban J connectivity index is 2.07. The molecule has 1 aromatic carbocycles. The van der Waals surface area contributed by atoms with Gasteiger partial charge in [-0.05, 0) is 12.1 Å². The number of aromatic nitrogens is 2. The van der Waals surface area contributed by atoms with E-state index in [1.165, 1.54) is 0 Å². The molecule has 0 bridgehead atoms. The van der Waals surface area contributed by atoms with Crippen molar-refractivity contribution in [2.24, 2.45) is 0 Å². The minimum absolute atomic E-state index is 0.447. The summed E-state index contributed by atoms with van der Waals surface area (Å²) in [6, 6.07) is 9.43. The van der Waals surface area contributed by atoms with Gasteiger partial charge in [-0.1, -0.05) is 18.2 Å². The Morgan fingerprint density at radius 2 is 2.12 bits per heavy atom. The van der Waals surface area contributed by atoms with E-state index in [1.807, 2.05) is 24.3 Å². The first-order valence-electron chi connectivity index (χ1n) is 5.24. The van der Waals surface area contributed by atoms with Gasteiger partial charge in [0.1, 0.15) is 11.6 Å². The molecule has 0 saturated carbocycles. The number of ether oxygens (including phenoxy) is 1. The van der Waals surface area contributed by atoms with Crippen molar-refractivity contribution < 1.29 is 4.74 Å². The van der Waals surface area contributed by atoms with Crippen LogP contribution in [0.3, 0.4) is 0 Å². The van der Waals surface area contributed by atoms with Crippen molar-refractivity contribution in [2.75, 3.05) is 18.2 Å². The molecule has 0 aliphatic rings. The lowest BCUT2D eigenvalue weighted by molar-refractivity contribution is 0.410. The maximum Gasteiger partial charge on any atom is 0.224 e. The third-order valence-corrected chi connectivity index (χ3v) is 2.31. The molecule has 2 rings (SSSR count). The molecule has 2 aromatic rings. The number of anilines is 2. The largest absolute Gasteiger partial charge is 0.496 e. The molecule has 0 aliphatic carbocycles. The van der Waals surface area contributed by atoms with Gasteiger partial charge in [-0.15, -0.1) is 0 Å². The van der Waals surface area contributed by atoms with E-state index in [0.29, 0.717) is 18.3 Å². The number of rotatable bonds is 4. The fourth-order valence-electron chi connectivity index (χ4n) is 1.48. The summed E-state index contributed by atoms with van der Waals surface area (Å²) in [5.74, 6) is 1.79. The molecular formula is C12H14N4O. The highest BCUT2D eigenvalue weighted by Crippen LogP contribution is 2.17. The van der Waals surface area contributed by atoms with Crippen LogP contribution in [0, 0.1) is 0 Å². The third-order valence-electron chi connectivity index (χ3n) is 2.31. The predicted octanol–water partition coefficient (Wildman–Crippen LogP) is 1.68. The molecular weight excluding hydrogens is 216 g/mol. The number of nitrogens with one attached hydrogen (secondary N) is 1. The second-order valence-electron chi connectivity index (χ2n) is 3.47. The van der Waals surface area contributed by atoms with Crippen molar-refractivity contribution in [1.82, 2.24) is 9.97 Å².